The molecule has 7 nitrogen and oxygen atoms in total. The monoisotopic (exact) mass is 549 g/mol. The highest BCUT2D eigenvalue weighted by Crippen LogP contribution is 2.51. The minimum atomic E-state index is -3.96. The smallest absolute Gasteiger partial charge is 0.246 e. The lowest BCUT2D eigenvalue weighted by molar-refractivity contribution is -0.0458. The van der Waals surface area contributed by atoms with Crippen molar-refractivity contribution in [3.05, 3.63) is 95.6 Å². The Hall–Kier alpha value is -2.75. The Morgan fingerprint density at radius 1 is 0.923 bits per heavy atom. The molecule has 5 rings (SSSR count). The lowest BCUT2D eigenvalue weighted by atomic mass is 9.69. The summed E-state index contributed by atoms with van der Waals surface area (Å²) in [5.74, 6) is 0.758. The van der Waals surface area contributed by atoms with Crippen LogP contribution < -0.4 is 4.74 Å². The maximum Gasteiger partial charge on any atom is 0.246 e. The number of ether oxygens (including phenoxy) is 1. The fourth-order valence-electron chi connectivity index (χ4n) is 6.48. The average molecular weight is 550 g/mol. The van der Waals surface area contributed by atoms with Crippen LogP contribution in [0.1, 0.15) is 42.4 Å². The van der Waals surface area contributed by atoms with Crippen molar-refractivity contribution in [2.45, 2.75) is 61.5 Å². The van der Waals surface area contributed by atoms with Gasteiger partial charge in [-0.15, -0.1) is 4.31 Å². The van der Waals surface area contributed by atoms with Gasteiger partial charge in [-0.05, 0) is 82.1 Å². The van der Waals surface area contributed by atoms with Crippen LogP contribution in [0.5, 0.6) is 5.75 Å². The maximum absolute atomic E-state index is 14.2. The third-order valence-electron chi connectivity index (χ3n) is 8.80. The van der Waals surface area contributed by atoms with Crippen molar-refractivity contribution in [2.24, 2.45) is 0 Å². The molecule has 39 heavy (non-hydrogen) atoms. The van der Waals surface area contributed by atoms with Gasteiger partial charge in [-0.3, -0.25) is 9.80 Å². The van der Waals surface area contributed by atoms with E-state index in [-0.39, 0.29) is 10.4 Å². The molecule has 1 heterocycles. The van der Waals surface area contributed by atoms with Crippen molar-refractivity contribution in [2.75, 3.05) is 27.7 Å². The van der Waals surface area contributed by atoms with Gasteiger partial charge in [0.25, 0.3) is 0 Å². The Morgan fingerprint density at radius 3 is 2.10 bits per heavy atom. The van der Waals surface area contributed by atoms with Gasteiger partial charge in [0.15, 0.2) is 6.35 Å². The summed E-state index contributed by atoms with van der Waals surface area (Å²) in [6.45, 7) is 2.83. The molecule has 208 valence electrons. The summed E-state index contributed by atoms with van der Waals surface area (Å²) >= 11 is 0. The van der Waals surface area contributed by atoms with E-state index in [0.717, 1.165) is 29.7 Å². The lowest BCUT2D eigenvalue weighted by Gasteiger charge is -2.50. The first-order chi connectivity index (χ1) is 18.6. The summed E-state index contributed by atoms with van der Waals surface area (Å²) in [6, 6.07) is 25.1. The molecule has 1 aliphatic heterocycles. The number of benzene rings is 3. The van der Waals surface area contributed by atoms with Crippen molar-refractivity contribution in [3.8, 4) is 5.75 Å². The van der Waals surface area contributed by atoms with Crippen LogP contribution in [-0.2, 0) is 22.1 Å². The summed E-state index contributed by atoms with van der Waals surface area (Å²) < 4.78 is 35.1. The molecule has 3 aromatic rings. The number of sulfonamides is 1. The van der Waals surface area contributed by atoms with E-state index in [4.69, 9.17) is 4.74 Å². The van der Waals surface area contributed by atoms with Crippen LogP contribution in [0.3, 0.4) is 0 Å². The Labute approximate surface area is 232 Å². The molecule has 1 spiro atoms. The first-order valence-electron chi connectivity index (χ1n) is 13.5. The molecule has 2 aliphatic rings. The van der Waals surface area contributed by atoms with E-state index >= 15 is 0 Å². The number of rotatable bonds is 7. The number of hydrogen-bond acceptors (Lipinski definition) is 6. The highest BCUT2D eigenvalue weighted by atomic mass is 32.2. The minimum Gasteiger partial charge on any atom is -0.497 e. The average Bonchev–Trinajstić information content (AvgIpc) is 3.21. The van der Waals surface area contributed by atoms with Gasteiger partial charge in [-0.2, -0.15) is 0 Å². The predicted molar refractivity (Wildman–Crippen MR) is 153 cm³/mol. The van der Waals surface area contributed by atoms with Crippen LogP contribution in [-0.4, -0.2) is 67.3 Å². The summed E-state index contributed by atoms with van der Waals surface area (Å²) in [5.41, 5.74) is 2.31. The number of methoxy groups -OCH3 is 1. The van der Waals surface area contributed by atoms with Crippen LogP contribution >= 0.6 is 0 Å². The van der Waals surface area contributed by atoms with Gasteiger partial charge in [0.1, 0.15) is 5.75 Å². The molecule has 0 radical (unpaired) electrons. The Balaban J connectivity index is 1.51. The molecule has 2 fully saturated rings. The third kappa shape index (κ3) is 5.00. The Morgan fingerprint density at radius 2 is 1.54 bits per heavy atom. The van der Waals surface area contributed by atoms with Gasteiger partial charge in [0, 0.05) is 18.6 Å². The standard InChI is InChI=1S/C31H39N3O4S/c1-24-10-16-28(17-11-24)39(36,37)34-29(35)33(22-25-12-14-27(38-4)15-13-25)23-30(34)18-20-31(21-19-30,32(2)3)26-8-6-5-7-9-26/h5-17,29,35H,18-23H2,1-4H3/t29?,30-,31+. The van der Waals surface area contributed by atoms with E-state index in [1.165, 1.54) is 9.87 Å². The maximum atomic E-state index is 14.2. The Kier molecular flexibility index (Phi) is 7.61. The number of aliphatic hydroxyl groups is 1. The quantitative estimate of drug-likeness (QED) is 0.466. The first-order valence-corrected chi connectivity index (χ1v) is 14.9. The molecule has 1 atom stereocenters. The third-order valence-corrected chi connectivity index (χ3v) is 10.8. The topological polar surface area (TPSA) is 73.3 Å². The van der Waals surface area contributed by atoms with Crippen LogP contribution in [0.2, 0.25) is 0 Å². The molecule has 0 amide bonds. The molecule has 1 saturated carbocycles. The predicted octanol–water partition coefficient (Wildman–Crippen LogP) is 4.56. The van der Waals surface area contributed by atoms with Crippen LogP contribution in [0.25, 0.3) is 0 Å². The summed E-state index contributed by atoms with van der Waals surface area (Å²) in [5, 5.41) is 11.7. The van der Waals surface area contributed by atoms with Gasteiger partial charge >= 0.3 is 0 Å². The highest BCUT2D eigenvalue weighted by Gasteiger charge is 2.59. The molecule has 1 saturated heterocycles. The second-order valence-corrected chi connectivity index (χ2v) is 13.0. The molecule has 1 N–H and O–H groups in total. The summed E-state index contributed by atoms with van der Waals surface area (Å²) in [7, 11) is 1.87. The molecule has 8 heteroatoms. The number of nitrogens with zero attached hydrogens (tertiary/aromatic N) is 3. The Bertz CT molecular complexity index is 1370. The zero-order valence-electron chi connectivity index (χ0n) is 23.2. The van der Waals surface area contributed by atoms with Gasteiger partial charge in [-0.1, -0.05) is 60.2 Å². The zero-order valence-corrected chi connectivity index (χ0v) is 24.1. The summed E-state index contributed by atoms with van der Waals surface area (Å²) in [6.07, 6.45) is 1.59. The summed E-state index contributed by atoms with van der Waals surface area (Å²) in [4.78, 5) is 4.37. The lowest BCUT2D eigenvalue weighted by Crippen LogP contribution is -2.57. The second-order valence-electron chi connectivity index (χ2n) is 11.2. The zero-order chi connectivity index (χ0) is 27.8. The van der Waals surface area contributed by atoms with Crippen LogP contribution in [0.15, 0.2) is 83.8 Å². The molecule has 0 aromatic heterocycles. The van der Waals surface area contributed by atoms with E-state index < -0.39 is 21.9 Å². The normalized spacial score (nSPS) is 26.4. The van der Waals surface area contributed by atoms with Crippen molar-refractivity contribution in [3.63, 3.8) is 0 Å². The number of aliphatic hydroxyl groups excluding tert-OH is 1. The van der Waals surface area contributed by atoms with Crippen molar-refractivity contribution in [1.29, 1.82) is 0 Å². The minimum absolute atomic E-state index is 0.194. The molecule has 1 unspecified atom stereocenters. The van der Waals surface area contributed by atoms with Crippen molar-refractivity contribution in [1.82, 2.24) is 14.1 Å². The van der Waals surface area contributed by atoms with E-state index in [2.05, 4.69) is 43.3 Å². The van der Waals surface area contributed by atoms with E-state index in [1.54, 1.807) is 19.2 Å². The molecular weight excluding hydrogens is 510 g/mol. The van der Waals surface area contributed by atoms with Crippen LogP contribution in [0.4, 0.5) is 0 Å². The van der Waals surface area contributed by atoms with Gasteiger partial charge in [-0.25, -0.2) is 8.42 Å². The highest BCUT2D eigenvalue weighted by molar-refractivity contribution is 7.89. The molecule has 1 aliphatic carbocycles. The molecule has 0 bridgehead atoms. The van der Waals surface area contributed by atoms with Gasteiger partial charge in [0.05, 0.1) is 17.5 Å². The number of aryl methyl sites for hydroxylation is 1. The number of hydrogen-bond donors (Lipinski definition) is 1. The fourth-order valence-corrected chi connectivity index (χ4v) is 8.32. The van der Waals surface area contributed by atoms with Crippen molar-refractivity contribution < 1.29 is 18.3 Å². The van der Waals surface area contributed by atoms with Gasteiger partial charge in [0.2, 0.25) is 10.0 Å². The molecule has 3 aromatic carbocycles. The van der Waals surface area contributed by atoms with E-state index in [9.17, 15) is 13.5 Å². The fraction of sp³-hybridized carbons (Fsp3) is 0.419. The van der Waals surface area contributed by atoms with Crippen LogP contribution in [0, 0.1) is 6.92 Å². The second kappa shape index (κ2) is 10.7. The van der Waals surface area contributed by atoms with Gasteiger partial charge < -0.3 is 9.84 Å². The molecular formula is C31H39N3O4S. The van der Waals surface area contributed by atoms with Crippen molar-refractivity contribution >= 4 is 10.0 Å². The van der Waals surface area contributed by atoms with E-state index in [0.29, 0.717) is 25.9 Å². The first kappa shape index (κ1) is 27.8. The van der Waals surface area contributed by atoms with E-state index in [1.807, 2.05) is 54.3 Å². The SMILES string of the molecule is COc1ccc(CN2C[C@]3(CC[C@](c4ccccc4)(N(C)C)CC3)N(S(=O)(=O)c3ccc(C)cc3)C2O)cc1. The largest absolute Gasteiger partial charge is 0.497 e.